The SMILES string of the molecule is COc1ccc(C)cc1/C=C/C(=O)NCCCN1CCCCCC1=O. The minimum absolute atomic E-state index is 0.134. The van der Waals surface area contributed by atoms with Crippen LogP contribution in [0.2, 0.25) is 0 Å². The summed E-state index contributed by atoms with van der Waals surface area (Å²) in [6, 6.07) is 5.85. The number of aryl methyl sites for hydroxylation is 1. The molecule has 0 unspecified atom stereocenters. The van der Waals surface area contributed by atoms with Crippen molar-refractivity contribution < 1.29 is 14.3 Å². The van der Waals surface area contributed by atoms with E-state index < -0.39 is 0 Å². The molecule has 1 fully saturated rings. The molecule has 1 aromatic rings. The van der Waals surface area contributed by atoms with E-state index in [0.29, 0.717) is 19.5 Å². The number of hydrogen-bond acceptors (Lipinski definition) is 3. The molecule has 136 valence electrons. The van der Waals surface area contributed by atoms with Gasteiger partial charge in [0.2, 0.25) is 11.8 Å². The van der Waals surface area contributed by atoms with Crippen LogP contribution in [-0.4, -0.2) is 43.5 Å². The minimum atomic E-state index is -0.134. The predicted molar refractivity (Wildman–Crippen MR) is 99.4 cm³/mol. The lowest BCUT2D eigenvalue weighted by atomic mass is 10.1. The normalized spacial score (nSPS) is 15.3. The van der Waals surface area contributed by atoms with Crippen molar-refractivity contribution in [1.29, 1.82) is 0 Å². The van der Waals surface area contributed by atoms with Gasteiger partial charge >= 0.3 is 0 Å². The van der Waals surface area contributed by atoms with Gasteiger partial charge in [-0.3, -0.25) is 9.59 Å². The first kappa shape index (κ1) is 19.0. The summed E-state index contributed by atoms with van der Waals surface area (Å²) in [6.07, 6.45) is 7.94. The van der Waals surface area contributed by atoms with E-state index in [0.717, 1.165) is 49.1 Å². The van der Waals surface area contributed by atoms with Gasteiger partial charge in [-0.25, -0.2) is 0 Å². The van der Waals surface area contributed by atoms with Gasteiger partial charge in [0.05, 0.1) is 7.11 Å². The van der Waals surface area contributed by atoms with Crippen LogP contribution < -0.4 is 10.1 Å². The van der Waals surface area contributed by atoms with Gasteiger partial charge in [0.25, 0.3) is 0 Å². The Hall–Kier alpha value is -2.30. The molecule has 0 spiro atoms. The number of carbonyl (C=O) groups excluding carboxylic acids is 2. The largest absolute Gasteiger partial charge is 0.496 e. The first-order valence-corrected chi connectivity index (χ1v) is 8.98. The maximum atomic E-state index is 12.0. The van der Waals surface area contributed by atoms with Crippen molar-refractivity contribution in [2.24, 2.45) is 0 Å². The van der Waals surface area contributed by atoms with E-state index in [4.69, 9.17) is 4.74 Å². The van der Waals surface area contributed by atoms with Gasteiger partial charge in [-0.15, -0.1) is 0 Å². The van der Waals surface area contributed by atoms with Crippen molar-refractivity contribution in [2.45, 2.75) is 39.0 Å². The van der Waals surface area contributed by atoms with Gasteiger partial charge in [0, 0.05) is 37.7 Å². The number of nitrogens with one attached hydrogen (secondary N) is 1. The standard InChI is InChI=1S/C20H28N2O3/c1-16-8-10-18(25-2)17(15-16)9-11-19(23)21-12-6-14-22-13-5-3-4-7-20(22)24/h8-11,15H,3-7,12-14H2,1-2H3,(H,21,23)/b11-9+. The lowest BCUT2D eigenvalue weighted by Crippen LogP contribution is -2.33. The van der Waals surface area contributed by atoms with E-state index in [2.05, 4.69) is 5.32 Å². The van der Waals surface area contributed by atoms with Crippen LogP contribution in [0, 0.1) is 6.92 Å². The second-order valence-corrected chi connectivity index (χ2v) is 6.41. The Morgan fingerprint density at radius 3 is 2.96 bits per heavy atom. The van der Waals surface area contributed by atoms with Crippen molar-refractivity contribution in [2.75, 3.05) is 26.7 Å². The maximum Gasteiger partial charge on any atom is 0.244 e. The van der Waals surface area contributed by atoms with Gasteiger partial charge < -0.3 is 15.0 Å². The fourth-order valence-electron chi connectivity index (χ4n) is 2.96. The quantitative estimate of drug-likeness (QED) is 0.611. The molecule has 1 N–H and O–H groups in total. The summed E-state index contributed by atoms with van der Waals surface area (Å²) >= 11 is 0. The average molecular weight is 344 g/mol. The topological polar surface area (TPSA) is 58.6 Å². The molecule has 0 radical (unpaired) electrons. The zero-order chi connectivity index (χ0) is 18.1. The number of likely N-dealkylation sites (tertiary alicyclic amines) is 1. The molecule has 1 aliphatic heterocycles. The highest BCUT2D eigenvalue weighted by Crippen LogP contribution is 2.20. The summed E-state index contributed by atoms with van der Waals surface area (Å²) < 4.78 is 5.30. The summed E-state index contributed by atoms with van der Waals surface area (Å²) in [7, 11) is 1.62. The highest BCUT2D eigenvalue weighted by molar-refractivity contribution is 5.92. The number of carbonyl (C=O) groups is 2. The molecule has 0 saturated carbocycles. The highest BCUT2D eigenvalue weighted by Gasteiger charge is 2.15. The molecule has 2 rings (SSSR count). The minimum Gasteiger partial charge on any atom is -0.496 e. The Labute approximate surface area is 150 Å². The number of nitrogens with zero attached hydrogens (tertiary/aromatic N) is 1. The summed E-state index contributed by atoms with van der Waals surface area (Å²) in [5.74, 6) is 0.857. The van der Waals surface area contributed by atoms with Crippen LogP contribution in [0.5, 0.6) is 5.75 Å². The molecule has 1 heterocycles. The summed E-state index contributed by atoms with van der Waals surface area (Å²) in [4.78, 5) is 25.8. The molecule has 0 atom stereocenters. The third-order valence-corrected chi connectivity index (χ3v) is 4.37. The Bertz CT molecular complexity index is 625. The fraction of sp³-hybridized carbons (Fsp3) is 0.500. The Morgan fingerprint density at radius 1 is 1.32 bits per heavy atom. The van der Waals surface area contributed by atoms with Crippen LogP contribution in [0.4, 0.5) is 0 Å². The van der Waals surface area contributed by atoms with Crippen LogP contribution in [0.1, 0.15) is 43.2 Å². The monoisotopic (exact) mass is 344 g/mol. The van der Waals surface area contributed by atoms with Crippen molar-refractivity contribution in [3.05, 3.63) is 35.4 Å². The van der Waals surface area contributed by atoms with Crippen LogP contribution in [-0.2, 0) is 9.59 Å². The molecule has 5 heteroatoms. The van der Waals surface area contributed by atoms with E-state index in [1.807, 2.05) is 30.0 Å². The molecule has 1 aliphatic rings. The second kappa shape index (κ2) is 9.87. The lowest BCUT2D eigenvalue weighted by Gasteiger charge is -2.20. The van der Waals surface area contributed by atoms with Crippen LogP contribution in [0.15, 0.2) is 24.3 Å². The molecule has 1 saturated heterocycles. The fourth-order valence-corrected chi connectivity index (χ4v) is 2.96. The molecule has 0 bridgehead atoms. The summed E-state index contributed by atoms with van der Waals surface area (Å²) in [5, 5.41) is 2.87. The van der Waals surface area contributed by atoms with Crippen molar-refractivity contribution in [3.63, 3.8) is 0 Å². The molecular weight excluding hydrogens is 316 g/mol. The van der Waals surface area contributed by atoms with Gasteiger partial charge in [0.15, 0.2) is 0 Å². The first-order valence-electron chi connectivity index (χ1n) is 8.98. The number of hydrogen-bond donors (Lipinski definition) is 1. The summed E-state index contributed by atoms with van der Waals surface area (Å²) in [6.45, 7) is 4.13. The lowest BCUT2D eigenvalue weighted by molar-refractivity contribution is -0.130. The molecule has 0 aliphatic carbocycles. The number of benzene rings is 1. The summed E-state index contributed by atoms with van der Waals surface area (Å²) in [5.41, 5.74) is 2.00. The van der Waals surface area contributed by atoms with Gasteiger partial charge in [-0.1, -0.05) is 18.1 Å². The van der Waals surface area contributed by atoms with Crippen molar-refractivity contribution >= 4 is 17.9 Å². The zero-order valence-electron chi connectivity index (χ0n) is 15.2. The van der Waals surface area contributed by atoms with Crippen molar-refractivity contribution in [3.8, 4) is 5.75 Å². The van der Waals surface area contributed by atoms with Crippen LogP contribution in [0.25, 0.3) is 6.08 Å². The third-order valence-electron chi connectivity index (χ3n) is 4.37. The third kappa shape index (κ3) is 6.25. The zero-order valence-corrected chi connectivity index (χ0v) is 15.2. The maximum absolute atomic E-state index is 12.0. The molecule has 25 heavy (non-hydrogen) atoms. The smallest absolute Gasteiger partial charge is 0.244 e. The van der Waals surface area contributed by atoms with Crippen molar-refractivity contribution in [1.82, 2.24) is 10.2 Å². The van der Waals surface area contributed by atoms with Crippen LogP contribution >= 0.6 is 0 Å². The first-order chi connectivity index (χ1) is 12.1. The molecule has 2 amide bonds. The predicted octanol–water partition coefficient (Wildman–Crippen LogP) is 2.93. The Morgan fingerprint density at radius 2 is 2.16 bits per heavy atom. The molecule has 0 aromatic heterocycles. The Balaban J connectivity index is 1.75. The average Bonchev–Trinajstić information content (AvgIpc) is 2.81. The highest BCUT2D eigenvalue weighted by atomic mass is 16.5. The second-order valence-electron chi connectivity index (χ2n) is 6.41. The molecular formula is C20H28N2O3. The van der Waals surface area contributed by atoms with Gasteiger partial charge in [-0.05, 0) is 44.4 Å². The van der Waals surface area contributed by atoms with E-state index >= 15 is 0 Å². The number of amides is 2. The van der Waals surface area contributed by atoms with E-state index in [9.17, 15) is 9.59 Å². The van der Waals surface area contributed by atoms with E-state index in [1.54, 1.807) is 13.2 Å². The van der Waals surface area contributed by atoms with Gasteiger partial charge in [-0.2, -0.15) is 0 Å². The number of rotatable bonds is 7. The molecule has 5 nitrogen and oxygen atoms in total. The van der Waals surface area contributed by atoms with E-state index in [1.165, 1.54) is 6.08 Å². The van der Waals surface area contributed by atoms with E-state index in [-0.39, 0.29) is 11.8 Å². The van der Waals surface area contributed by atoms with Gasteiger partial charge in [0.1, 0.15) is 5.75 Å². The number of methoxy groups -OCH3 is 1. The van der Waals surface area contributed by atoms with Crippen LogP contribution in [0.3, 0.4) is 0 Å². The molecule has 1 aromatic carbocycles. The Kier molecular flexibility index (Phi) is 7.51. The number of ether oxygens (including phenoxy) is 1.